The van der Waals surface area contributed by atoms with Crippen molar-refractivity contribution < 1.29 is 36.6 Å². The number of aliphatic carboxylic acids is 1. The van der Waals surface area contributed by atoms with Gasteiger partial charge in [0, 0.05) is 39.5 Å². The first-order valence-corrected chi connectivity index (χ1v) is 11.6. The van der Waals surface area contributed by atoms with E-state index in [-0.39, 0.29) is 35.8 Å². The maximum atomic E-state index is 13.5. The van der Waals surface area contributed by atoms with Gasteiger partial charge < -0.3 is 14.7 Å². The van der Waals surface area contributed by atoms with E-state index in [1.807, 2.05) is 6.07 Å². The average molecular weight is 483 g/mol. The van der Waals surface area contributed by atoms with Crippen LogP contribution >= 0.6 is 0 Å². The molecular weight excluding hydrogens is 458 g/mol. The molecule has 1 fully saturated rings. The number of amides is 1. The minimum absolute atomic E-state index is 0.0882. The van der Waals surface area contributed by atoms with E-state index in [0.717, 1.165) is 15.9 Å². The van der Waals surface area contributed by atoms with Crippen molar-refractivity contribution in [2.24, 2.45) is 0 Å². The maximum Gasteiger partial charge on any atom is 0.341 e. The predicted octanol–water partition coefficient (Wildman–Crippen LogP) is 2.84. The van der Waals surface area contributed by atoms with Gasteiger partial charge in [0.2, 0.25) is 10.0 Å². The molecule has 0 aromatic heterocycles. The number of likely N-dealkylation sites (tertiary alicyclic amines) is 1. The molecule has 1 heterocycles. The molecule has 8 nitrogen and oxygen atoms in total. The molecule has 0 bridgehead atoms. The molecule has 1 aliphatic rings. The minimum atomic E-state index is -4.02. The lowest BCUT2D eigenvalue weighted by molar-refractivity contribution is -0.139. The summed E-state index contributed by atoms with van der Waals surface area (Å²) in [4.78, 5) is 25.0. The van der Waals surface area contributed by atoms with Gasteiger partial charge in [0.1, 0.15) is 5.75 Å². The lowest BCUT2D eigenvalue weighted by Crippen LogP contribution is -2.42. The Labute approximate surface area is 190 Å². The van der Waals surface area contributed by atoms with Crippen molar-refractivity contribution in [2.45, 2.75) is 30.2 Å². The molecule has 1 aliphatic heterocycles. The summed E-state index contributed by atoms with van der Waals surface area (Å²) in [6.45, 7) is -1.09. The van der Waals surface area contributed by atoms with Gasteiger partial charge in [-0.2, -0.15) is 4.31 Å². The maximum absolute atomic E-state index is 13.5. The summed E-state index contributed by atoms with van der Waals surface area (Å²) in [5.41, 5.74) is 0.561. The van der Waals surface area contributed by atoms with Gasteiger partial charge in [-0.15, -0.1) is 0 Å². The van der Waals surface area contributed by atoms with Crippen molar-refractivity contribution in [3.05, 3.63) is 59.7 Å². The number of carbonyl (C=O) groups excluding carboxylic acids is 1. The van der Waals surface area contributed by atoms with Gasteiger partial charge in [0.25, 0.3) is 11.8 Å². The Bertz CT molecular complexity index is 1110. The highest BCUT2D eigenvalue weighted by atomic mass is 32.2. The zero-order chi connectivity index (χ0) is 24.2. The number of carboxylic acid groups (broad SMARTS) is 1. The summed E-state index contributed by atoms with van der Waals surface area (Å²) < 4.78 is 59.5. The van der Waals surface area contributed by atoms with Gasteiger partial charge in [-0.3, -0.25) is 4.79 Å². The Kier molecular flexibility index (Phi) is 7.33. The Hall–Kier alpha value is -3.05. The molecule has 1 saturated heterocycles. The van der Waals surface area contributed by atoms with E-state index in [1.54, 1.807) is 24.3 Å². The third kappa shape index (κ3) is 6.05. The number of carbonyl (C=O) groups is 2. The van der Waals surface area contributed by atoms with Crippen LogP contribution in [0.1, 0.15) is 28.8 Å². The molecular formula is C22H24F2N2O6S. The highest BCUT2D eigenvalue weighted by Crippen LogP contribution is 2.31. The molecule has 0 unspecified atom stereocenters. The normalized spacial score (nSPS) is 15.9. The Morgan fingerprint density at radius 2 is 1.76 bits per heavy atom. The summed E-state index contributed by atoms with van der Waals surface area (Å²) in [6.07, 6.45) is -1.02. The van der Waals surface area contributed by atoms with Crippen molar-refractivity contribution in [1.29, 1.82) is 0 Å². The van der Waals surface area contributed by atoms with Gasteiger partial charge in [-0.1, -0.05) is 30.3 Å². The predicted molar refractivity (Wildman–Crippen MR) is 115 cm³/mol. The molecule has 1 amide bonds. The lowest BCUT2D eigenvalue weighted by Gasteiger charge is -2.32. The fourth-order valence-electron chi connectivity index (χ4n) is 3.41. The third-order valence-corrected chi connectivity index (χ3v) is 7.07. The number of hydrogen-bond acceptors (Lipinski definition) is 5. The molecule has 0 aliphatic carbocycles. The van der Waals surface area contributed by atoms with Crippen molar-refractivity contribution >= 4 is 21.9 Å². The fraction of sp³-hybridized carbons (Fsp3) is 0.364. The Morgan fingerprint density at radius 1 is 1.12 bits per heavy atom. The number of alkyl halides is 2. The highest BCUT2D eigenvalue weighted by molar-refractivity contribution is 7.89. The van der Waals surface area contributed by atoms with Crippen LogP contribution in [0.4, 0.5) is 8.78 Å². The smallest absolute Gasteiger partial charge is 0.341 e. The Balaban J connectivity index is 1.91. The minimum Gasteiger partial charge on any atom is -0.481 e. The lowest BCUT2D eigenvalue weighted by atomic mass is 10.1. The van der Waals surface area contributed by atoms with Gasteiger partial charge >= 0.3 is 5.97 Å². The first-order chi connectivity index (χ1) is 15.5. The van der Waals surface area contributed by atoms with E-state index in [2.05, 4.69) is 0 Å². The number of nitrogens with zero attached hydrogens (tertiary/aromatic N) is 2. The molecule has 0 spiro atoms. The quantitative estimate of drug-likeness (QED) is 0.621. The second kappa shape index (κ2) is 9.84. The zero-order valence-electron chi connectivity index (χ0n) is 17.9. The number of ether oxygens (including phenoxy) is 1. The zero-order valence-corrected chi connectivity index (χ0v) is 18.7. The number of hydrogen-bond donors (Lipinski definition) is 1. The molecule has 1 N–H and O–H groups in total. The number of sulfonamides is 1. The van der Waals surface area contributed by atoms with Crippen LogP contribution in [0.3, 0.4) is 0 Å². The van der Waals surface area contributed by atoms with Gasteiger partial charge in [-0.25, -0.2) is 22.0 Å². The summed E-state index contributed by atoms with van der Waals surface area (Å²) >= 11 is 0. The standard InChI is InChI=1S/C22H24F2N2O6S/c1-25(14-16-5-3-2-4-6-16)33(30,31)17-7-8-19(32-15-20(27)28)18(13-17)21(29)26-11-9-22(23,24)10-12-26/h2-8,13H,9-12,14-15H2,1H3,(H,27,28). The van der Waals surface area contributed by atoms with Crippen LogP contribution < -0.4 is 4.74 Å². The highest BCUT2D eigenvalue weighted by Gasteiger charge is 2.36. The van der Waals surface area contributed by atoms with Gasteiger partial charge in [0.05, 0.1) is 10.5 Å². The second-order valence-electron chi connectivity index (χ2n) is 7.74. The van der Waals surface area contributed by atoms with E-state index in [0.29, 0.717) is 0 Å². The van der Waals surface area contributed by atoms with E-state index in [1.165, 1.54) is 24.1 Å². The van der Waals surface area contributed by atoms with Crippen LogP contribution in [0.2, 0.25) is 0 Å². The van der Waals surface area contributed by atoms with Gasteiger partial charge in [-0.05, 0) is 23.8 Å². The Morgan fingerprint density at radius 3 is 2.36 bits per heavy atom. The number of piperidine rings is 1. The third-order valence-electron chi connectivity index (χ3n) is 5.27. The SMILES string of the molecule is CN(Cc1ccccc1)S(=O)(=O)c1ccc(OCC(=O)O)c(C(=O)N2CCC(F)(F)CC2)c1. The molecule has 2 aromatic carbocycles. The summed E-state index contributed by atoms with van der Waals surface area (Å²) in [5, 5.41) is 8.90. The first kappa shape index (κ1) is 24.6. The van der Waals surface area contributed by atoms with Crippen LogP contribution in [0.15, 0.2) is 53.4 Å². The number of halogens is 2. The topological polar surface area (TPSA) is 104 Å². The van der Waals surface area contributed by atoms with E-state index >= 15 is 0 Å². The summed E-state index contributed by atoms with van der Waals surface area (Å²) in [5.74, 6) is -4.99. The monoisotopic (exact) mass is 482 g/mol. The average Bonchev–Trinajstić information content (AvgIpc) is 2.77. The van der Waals surface area contributed by atoms with Crippen molar-refractivity contribution in [2.75, 3.05) is 26.7 Å². The molecule has 0 saturated carbocycles. The molecule has 178 valence electrons. The van der Waals surface area contributed by atoms with Crippen LogP contribution in [0.25, 0.3) is 0 Å². The molecule has 2 aromatic rings. The van der Waals surface area contributed by atoms with Crippen molar-refractivity contribution in [3.8, 4) is 5.75 Å². The van der Waals surface area contributed by atoms with Crippen LogP contribution in [0, 0.1) is 0 Å². The number of carboxylic acids is 1. The van der Waals surface area contributed by atoms with E-state index in [9.17, 15) is 26.8 Å². The second-order valence-corrected chi connectivity index (χ2v) is 9.78. The van der Waals surface area contributed by atoms with E-state index in [4.69, 9.17) is 9.84 Å². The molecule has 11 heteroatoms. The van der Waals surface area contributed by atoms with Crippen LogP contribution in [-0.4, -0.2) is 67.3 Å². The fourth-order valence-corrected chi connectivity index (χ4v) is 4.60. The molecule has 33 heavy (non-hydrogen) atoms. The summed E-state index contributed by atoms with van der Waals surface area (Å²) in [6, 6.07) is 12.4. The molecule has 0 radical (unpaired) electrons. The molecule has 0 atom stereocenters. The van der Waals surface area contributed by atoms with Crippen molar-refractivity contribution in [3.63, 3.8) is 0 Å². The van der Waals surface area contributed by atoms with Gasteiger partial charge in [0.15, 0.2) is 6.61 Å². The largest absolute Gasteiger partial charge is 0.481 e. The summed E-state index contributed by atoms with van der Waals surface area (Å²) in [7, 11) is -2.63. The number of rotatable bonds is 8. The van der Waals surface area contributed by atoms with E-state index < -0.39 is 47.3 Å². The van der Waals surface area contributed by atoms with Crippen molar-refractivity contribution in [1.82, 2.24) is 9.21 Å². The number of benzene rings is 2. The van der Waals surface area contributed by atoms with Crippen LogP contribution in [0.5, 0.6) is 5.75 Å². The molecule has 3 rings (SSSR count). The van der Waals surface area contributed by atoms with Crippen LogP contribution in [-0.2, 0) is 21.4 Å². The first-order valence-electron chi connectivity index (χ1n) is 10.2.